The predicted octanol–water partition coefficient (Wildman–Crippen LogP) is 3.45. The number of benzene rings is 1. The highest BCUT2D eigenvalue weighted by Crippen LogP contribution is 2.51. The lowest BCUT2D eigenvalue weighted by Gasteiger charge is -2.40. The lowest BCUT2D eigenvalue weighted by molar-refractivity contribution is -0.141. The van der Waals surface area contributed by atoms with Crippen LogP contribution in [0.25, 0.3) is 0 Å². The number of nitrogens with two attached hydrogens (primary N) is 1. The molecule has 3 N–H and O–H groups in total. The number of dihydropyridines is 1. The number of allylic oxidation sites excluding steroid dienone is 2. The average molecular weight is 395 g/mol. The van der Waals surface area contributed by atoms with E-state index in [0.717, 1.165) is 37.7 Å². The van der Waals surface area contributed by atoms with Crippen molar-refractivity contribution in [3.8, 4) is 12.1 Å². The highest BCUT2D eigenvalue weighted by atomic mass is 32.2. The van der Waals surface area contributed by atoms with Crippen molar-refractivity contribution in [2.75, 3.05) is 5.75 Å². The molecule has 2 aliphatic rings. The van der Waals surface area contributed by atoms with Gasteiger partial charge in [-0.25, -0.2) is 0 Å². The first-order valence-corrected chi connectivity index (χ1v) is 10.2. The topological polar surface area (TPSA) is 112 Å². The lowest BCUT2D eigenvalue weighted by Crippen LogP contribution is -2.39. The van der Waals surface area contributed by atoms with E-state index in [1.807, 2.05) is 30.3 Å². The maximum Gasteiger partial charge on any atom is 0.316 e. The first-order chi connectivity index (χ1) is 13.6. The molecule has 0 aromatic heterocycles. The molecule has 144 valence electrons. The number of nitrogens with one attached hydrogen (secondary N) is 1. The van der Waals surface area contributed by atoms with Crippen LogP contribution in [-0.2, 0) is 16.1 Å². The lowest BCUT2D eigenvalue weighted by atomic mass is 9.64. The van der Waals surface area contributed by atoms with Gasteiger partial charge in [-0.1, -0.05) is 61.4 Å². The van der Waals surface area contributed by atoms with Crippen LogP contribution in [-0.4, -0.2) is 11.7 Å². The van der Waals surface area contributed by atoms with Gasteiger partial charge in [-0.05, 0) is 18.4 Å². The van der Waals surface area contributed by atoms with E-state index >= 15 is 0 Å². The molecular weight excluding hydrogens is 372 g/mol. The molecule has 1 aromatic rings. The fourth-order valence-corrected chi connectivity index (χ4v) is 4.76. The van der Waals surface area contributed by atoms with Crippen molar-refractivity contribution in [2.45, 2.75) is 38.7 Å². The number of nitrogens with zero attached hydrogens (tertiary/aromatic N) is 2. The van der Waals surface area contributed by atoms with Crippen molar-refractivity contribution in [3.63, 3.8) is 0 Å². The summed E-state index contributed by atoms with van der Waals surface area (Å²) in [4.78, 5) is 12.2. The summed E-state index contributed by atoms with van der Waals surface area (Å²) in [5, 5.41) is 23.0. The van der Waals surface area contributed by atoms with Gasteiger partial charge in [-0.2, -0.15) is 10.5 Å². The molecule has 1 spiro atoms. The number of rotatable bonds is 5. The summed E-state index contributed by atoms with van der Waals surface area (Å²) in [5.41, 5.74) is 7.36. The number of carbonyl (C=O) groups is 1. The van der Waals surface area contributed by atoms with Crippen LogP contribution in [0.2, 0.25) is 0 Å². The summed E-state index contributed by atoms with van der Waals surface area (Å²) in [6.07, 6.45) is 4.43. The molecule has 1 heterocycles. The Morgan fingerprint density at radius 2 is 1.82 bits per heavy atom. The Balaban J connectivity index is 1.72. The Bertz CT molecular complexity index is 887. The van der Waals surface area contributed by atoms with E-state index in [-0.39, 0.29) is 24.2 Å². The summed E-state index contributed by atoms with van der Waals surface area (Å²) in [6, 6.07) is 14.0. The van der Waals surface area contributed by atoms with Gasteiger partial charge in [0.25, 0.3) is 0 Å². The van der Waals surface area contributed by atoms with Gasteiger partial charge in [-0.3, -0.25) is 4.79 Å². The molecule has 3 rings (SSSR count). The maximum absolute atomic E-state index is 12.2. The largest absolute Gasteiger partial charge is 0.460 e. The van der Waals surface area contributed by atoms with Crippen molar-refractivity contribution >= 4 is 17.7 Å². The van der Waals surface area contributed by atoms with Gasteiger partial charge in [0.2, 0.25) is 0 Å². The van der Waals surface area contributed by atoms with Crippen LogP contribution in [0.15, 0.2) is 52.3 Å². The van der Waals surface area contributed by atoms with Crippen molar-refractivity contribution in [1.29, 1.82) is 10.5 Å². The van der Waals surface area contributed by atoms with Crippen LogP contribution in [0.1, 0.15) is 37.7 Å². The van der Waals surface area contributed by atoms with Crippen molar-refractivity contribution in [1.82, 2.24) is 5.32 Å². The van der Waals surface area contributed by atoms with Crippen molar-refractivity contribution in [2.24, 2.45) is 11.1 Å². The zero-order valence-electron chi connectivity index (χ0n) is 15.5. The van der Waals surface area contributed by atoms with E-state index in [0.29, 0.717) is 16.2 Å². The third kappa shape index (κ3) is 4.00. The van der Waals surface area contributed by atoms with Crippen LogP contribution in [0, 0.1) is 28.1 Å². The van der Waals surface area contributed by atoms with Gasteiger partial charge in [-0.15, -0.1) is 0 Å². The Morgan fingerprint density at radius 3 is 2.46 bits per heavy atom. The zero-order valence-corrected chi connectivity index (χ0v) is 16.3. The Kier molecular flexibility index (Phi) is 6.28. The van der Waals surface area contributed by atoms with E-state index in [1.54, 1.807) is 0 Å². The number of nitriles is 2. The molecular formula is C21H22N4O2S. The molecule has 1 aliphatic carbocycles. The second kappa shape index (κ2) is 8.86. The van der Waals surface area contributed by atoms with Crippen LogP contribution < -0.4 is 11.1 Å². The third-order valence-electron chi connectivity index (χ3n) is 5.21. The number of hydrogen-bond acceptors (Lipinski definition) is 7. The quantitative estimate of drug-likeness (QED) is 0.736. The molecule has 7 heteroatoms. The second-order valence-corrected chi connectivity index (χ2v) is 7.90. The molecule has 0 bridgehead atoms. The van der Waals surface area contributed by atoms with Gasteiger partial charge in [0.1, 0.15) is 12.4 Å². The molecule has 0 radical (unpaired) electrons. The number of carbonyl (C=O) groups excluding carboxylic acids is 1. The van der Waals surface area contributed by atoms with Crippen LogP contribution in [0.4, 0.5) is 0 Å². The fraction of sp³-hybridized carbons (Fsp3) is 0.381. The van der Waals surface area contributed by atoms with Crippen molar-refractivity contribution < 1.29 is 9.53 Å². The monoisotopic (exact) mass is 394 g/mol. The van der Waals surface area contributed by atoms with Crippen molar-refractivity contribution in [3.05, 3.63) is 57.9 Å². The first-order valence-electron chi connectivity index (χ1n) is 9.25. The molecule has 0 amide bonds. The van der Waals surface area contributed by atoms with Gasteiger partial charge < -0.3 is 15.8 Å². The first kappa shape index (κ1) is 19.9. The molecule has 0 atom stereocenters. The molecule has 6 nitrogen and oxygen atoms in total. The highest BCUT2D eigenvalue weighted by Gasteiger charge is 2.45. The van der Waals surface area contributed by atoms with E-state index < -0.39 is 5.41 Å². The Hall–Kier alpha value is -2.90. The van der Waals surface area contributed by atoms with Gasteiger partial charge in [0.05, 0.1) is 34.1 Å². The minimum atomic E-state index is -0.632. The fourth-order valence-electron chi connectivity index (χ4n) is 3.85. The van der Waals surface area contributed by atoms with Gasteiger partial charge in [0, 0.05) is 5.41 Å². The summed E-state index contributed by atoms with van der Waals surface area (Å²) in [5.74, 6) is -0.0266. The molecule has 0 unspecified atom stereocenters. The number of hydrogen-bond donors (Lipinski definition) is 2. The highest BCUT2D eigenvalue weighted by molar-refractivity contribution is 8.03. The smallest absolute Gasteiger partial charge is 0.316 e. The van der Waals surface area contributed by atoms with E-state index in [9.17, 15) is 15.3 Å². The predicted molar refractivity (Wildman–Crippen MR) is 107 cm³/mol. The minimum absolute atomic E-state index is 0.0611. The second-order valence-electron chi connectivity index (χ2n) is 6.92. The molecule has 28 heavy (non-hydrogen) atoms. The van der Waals surface area contributed by atoms with Gasteiger partial charge in [0.15, 0.2) is 0 Å². The average Bonchev–Trinajstić information content (AvgIpc) is 2.72. The third-order valence-corrected chi connectivity index (χ3v) is 6.18. The summed E-state index contributed by atoms with van der Waals surface area (Å²) >= 11 is 1.21. The number of ether oxygens (including phenoxy) is 1. The molecule has 1 fully saturated rings. The zero-order chi connectivity index (χ0) is 20.0. The number of thioether (sulfide) groups is 1. The van der Waals surface area contributed by atoms with Crippen LogP contribution in [0.3, 0.4) is 0 Å². The normalized spacial score (nSPS) is 18.2. The van der Waals surface area contributed by atoms with Crippen LogP contribution >= 0.6 is 11.8 Å². The summed E-state index contributed by atoms with van der Waals surface area (Å²) < 4.78 is 5.31. The standard InChI is InChI=1S/C21H22N4O2S/c22-11-16-19(24)25-20(17(12-23)21(16)9-5-2-6-10-21)28-14-18(26)27-13-15-7-3-1-4-8-15/h1,3-4,7-8,25H,2,5-6,9-10,13-14,24H2. The van der Waals surface area contributed by atoms with E-state index in [1.165, 1.54) is 11.8 Å². The molecule has 1 aliphatic heterocycles. The van der Waals surface area contributed by atoms with E-state index in [4.69, 9.17) is 10.5 Å². The summed E-state index contributed by atoms with van der Waals surface area (Å²) in [7, 11) is 0. The Morgan fingerprint density at radius 1 is 1.14 bits per heavy atom. The molecule has 1 saturated carbocycles. The SMILES string of the molecule is N#CC1=C(N)NC(SCC(=O)OCc2ccccc2)=C(C#N)C12CCCCC2. The van der Waals surface area contributed by atoms with Crippen LogP contribution in [0.5, 0.6) is 0 Å². The molecule has 1 aromatic carbocycles. The molecule has 0 saturated heterocycles. The Labute approximate surface area is 169 Å². The number of esters is 1. The summed E-state index contributed by atoms with van der Waals surface area (Å²) in [6.45, 7) is 0.211. The minimum Gasteiger partial charge on any atom is -0.460 e. The van der Waals surface area contributed by atoms with Gasteiger partial charge >= 0.3 is 5.97 Å². The maximum atomic E-state index is 12.2. The van der Waals surface area contributed by atoms with E-state index in [2.05, 4.69) is 17.5 Å².